The summed E-state index contributed by atoms with van der Waals surface area (Å²) in [4.78, 5) is 11.6. The average molecular weight is 218 g/mol. The third-order valence-corrected chi connectivity index (χ3v) is 2.42. The summed E-state index contributed by atoms with van der Waals surface area (Å²) >= 11 is 0. The van der Waals surface area contributed by atoms with E-state index >= 15 is 0 Å². The van der Waals surface area contributed by atoms with Crippen molar-refractivity contribution in [1.29, 1.82) is 0 Å². The number of hydrogen-bond donors (Lipinski definition) is 0. The maximum atomic E-state index is 11.6. The Morgan fingerprint density at radius 3 is 2.81 bits per heavy atom. The van der Waals surface area contributed by atoms with Gasteiger partial charge in [-0.25, -0.2) is 4.79 Å². The van der Waals surface area contributed by atoms with Crippen LogP contribution in [0.5, 0.6) is 0 Å². The standard InChI is InChI=1S/C13H14O3/c1-10-7-12(15-8-10)9-16-13(14)11-5-3-2-4-6-11/h2-6,8,12H,7,9H2,1H3. The van der Waals surface area contributed by atoms with E-state index in [0.717, 1.165) is 6.42 Å². The van der Waals surface area contributed by atoms with Gasteiger partial charge in [0.05, 0.1) is 11.8 Å². The Labute approximate surface area is 94.7 Å². The molecule has 84 valence electrons. The molecule has 3 heteroatoms. The number of carbonyl (C=O) groups is 1. The zero-order valence-electron chi connectivity index (χ0n) is 9.18. The zero-order chi connectivity index (χ0) is 11.4. The van der Waals surface area contributed by atoms with Crippen LogP contribution in [0.3, 0.4) is 0 Å². The molecule has 16 heavy (non-hydrogen) atoms. The molecule has 1 heterocycles. The molecule has 1 aromatic carbocycles. The lowest BCUT2D eigenvalue weighted by atomic mass is 10.2. The third-order valence-electron chi connectivity index (χ3n) is 2.42. The van der Waals surface area contributed by atoms with Crippen molar-refractivity contribution in [2.45, 2.75) is 19.4 Å². The largest absolute Gasteiger partial charge is 0.494 e. The predicted molar refractivity (Wildman–Crippen MR) is 60.0 cm³/mol. The summed E-state index contributed by atoms with van der Waals surface area (Å²) in [5, 5.41) is 0. The van der Waals surface area contributed by atoms with Crippen LogP contribution in [0, 0.1) is 0 Å². The molecule has 1 aromatic rings. The van der Waals surface area contributed by atoms with E-state index in [2.05, 4.69) is 0 Å². The first kappa shape index (κ1) is 10.7. The Bertz CT molecular complexity index is 395. The molecule has 0 fully saturated rings. The Kier molecular flexibility index (Phi) is 3.25. The van der Waals surface area contributed by atoms with Crippen molar-refractivity contribution in [2.24, 2.45) is 0 Å². The van der Waals surface area contributed by atoms with Crippen molar-refractivity contribution in [1.82, 2.24) is 0 Å². The van der Waals surface area contributed by atoms with Gasteiger partial charge >= 0.3 is 5.97 Å². The molecule has 0 N–H and O–H groups in total. The second-order valence-electron chi connectivity index (χ2n) is 3.89. The summed E-state index contributed by atoms with van der Waals surface area (Å²) in [5.41, 5.74) is 1.76. The molecule has 0 saturated carbocycles. The van der Waals surface area contributed by atoms with Gasteiger partial charge in [-0.1, -0.05) is 18.2 Å². The molecule has 0 bridgehead atoms. The highest BCUT2D eigenvalue weighted by Gasteiger charge is 2.18. The molecule has 0 saturated heterocycles. The number of rotatable bonds is 3. The van der Waals surface area contributed by atoms with Gasteiger partial charge in [0.15, 0.2) is 0 Å². The van der Waals surface area contributed by atoms with E-state index in [1.165, 1.54) is 5.57 Å². The fraction of sp³-hybridized carbons (Fsp3) is 0.308. The van der Waals surface area contributed by atoms with E-state index in [0.29, 0.717) is 12.2 Å². The highest BCUT2D eigenvalue weighted by atomic mass is 16.6. The summed E-state index contributed by atoms with van der Waals surface area (Å²) in [6.07, 6.45) is 2.54. The first-order valence-electron chi connectivity index (χ1n) is 5.29. The van der Waals surface area contributed by atoms with Crippen molar-refractivity contribution in [3.8, 4) is 0 Å². The average Bonchev–Trinajstić information content (AvgIpc) is 2.73. The minimum absolute atomic E-state index is 0.0207. The van der Waals surface area contributed by atoms with E-state index in [1.54, 1.807) is 18.4 Å². The van der Waals surface area contributed by atoms with Crippen molar-refractivity contribution in [3.63, 3.8) is 0 Å². The molecule has 0 amide bonds. The number of ether oxygens (including phenoxy) is 2. The van der Waals surface area contributed by atoms with Crippen molar-refractivity contribution in [3.05, 3.63) is 47.7 Å². The molecule has 0 aromatic heterocycles. The van der Waals surface area contributed by atoms with Gasteiger partial charge in [0, 0.05) is 6.42 Å². The van der Waals surface area contributed by atoms with E-state index in [9.17, 15) is 4.79 Å². The maximum Gasteiger partial charge on any atom is 0.338 e. The lowest BCUT2D eigenvalue weighted by Gasteiger charge is -2.10. The predicted octanol–water partition coefficient (Wildman–Crippen LogP) is 2.54. The summed E-state index contributed by atoms with van der Waals surface area (Å²) in [5.74, 6) is -0.297. The molecular weight excluding hydrogens is 204 g/mol. The smallest absolute Gasteiger partial charge is 0.338 e. The molecule has 1 aliphatic heterocycles. The lowest BCUT2D eigenvalue weighted by molar-refractivity contribution is 0.0269. The van der Waals surface area contributed by atoms with Crippen LogP contribution in [0.15, 0.2) is 42.2 Å². The van der Waals surface area contributed by atoms with Crippen LogP contribution in [0.1, 0.15) is 23.7 Å². The number of hydrogen-bond acceptors (Lipinski definition) is 3. The Hall–Kier alpha value is -1.77. The zero-order valence-corrected chi connectivity index (χ0v) is 9.18. The number of esters is 1. The third kappa shape index (κ3) is 2.63. The van der Waals surface area contributed by atoms with Gasteiger partial charge in [-0.15, -0.1) is 0 Å². The maximum absolute atomic E-state index is 11.6. The van der Waals surface area contributed by atoms with Crippen LogP contribution in [0.4, 0.5) is 0 Å². The van der Waals surface area contributed by atoms with Gasteiger partial charge in [-0.3, -0.25) is 0 Å². The fourth-order valence-electron chi connectivity index (χ4n) is 1.59. The quantitative estimate of drug-likeness (QED) is 0.731. The van der Waals surface area contributed by atoms with E-state index in [-0.39, 0.29) is 12.1 Å². The van der Waals surface area contributed by atoms with Gasteiger partial charge in [-0.05, 0) is 24.6 Å². The SMILES string of the molecule is CC1=COC(COC(=O)c2ccccc2)C1. The first-order valence-corrected chi connectivity index (χ1v) is 5.29. The molecule has 2 rings (SSSR count). The van der Waals surface area contributed by atoms with Crippen molar-refractivity contribution in [2.75, 3.05) is 6.61 Å². The Morgan fingerprint density at radius 1 is 1.44 bits per heavy atom. The molecule has 1 atom stereocenters. The normalized spacial score (nSPS) is 18.8. The van der Waals surface area contributed by atoms with Crippen molar-refractivity contribution < 1.29 is 14.3 Å². The Balaban J connectivity index is 1.81. The molecule has 0 radical (unpaired) electrons. The summed E-state index contributed by atoms with van der Waals surface area (Å²) in [6.45, 7) is 2.31. The topological polar surface area (TPSA) is 35.5 Å². The highest BCUT2D eigenvalue weighted by Crippen LogP contribution is 2.17. The van der Waals surface area contributed by atoms with Crippen molar-refractivity contribution >= 4 is 5.97 Å². The molecule has 0 spiro atoms. The number of benzene rings is 1. The first-order chi connectivity index (χ1) is 7.75. The molecule has 0 aliphatic carbocycles. The molecular formula is C13H14O3. The van der Waals surface area contributed by atoms with Gasteiger partial charge in [-0.2, -0.15) is 0 Å². The van der Waals surface area contributed by atoms with Crippen LogP contribution in [-0.4, -0.2) is 18.7 Å². The highest BCUT2D eigenvalue weighted by molar-refractivity contribution is 5.89. The van der Waals surface area contributed by atoms with E-state index < -0.39 is 0 Å². The van der Waals surface area contributed by atoms with Gasteiger partial charge in [0.25, 0.3) is 0 Å². The Morgan fingerprint density at radius 2 is 2.19 bits per heavy atom. The van der Waals surface area contributed by atoms with Crippen LogP contribution in [-0.2, 0) is 9.47 Å². The second kappa shape index (κ2) is 4.84. The van der Waals surface area contributed by atoms with Gasteiger partial charge in [0.1, 0.15) is 12.7 Å². The fourth-order valence-corrected chi connectivity index (χ4v) is 1.59. The molecule has 3 nitrogen and oxygen atoms in total. The second-order valence-corrected chi connectivity index (χ2v) is 3.89. The lowest BCUT2D eigenvalue weighted by Crippen LogP contribution is -2.18. The van der Waals surface area contributed by atoms with E-state index in [4.69, 9.17) is 9.47 Å². The minimum atomic E-state index is -0.297. The summed E-state index contributed by atoms with van der Waals surface area (Å²) in [7, 11) is 0. The summed E-state index contributed by atoms with van der Waals surface area (Å²) < 4.78 is 10.5. The monoisotopic (exact) mass is 218 g/mol. The van der Waals surface area contributed by atoms with Crippen LogP contribution in [0.2, 0.25) is 0 Å². The van der Waals surface area contributed by atoms with Crippen LogP contribution in [0.25, 0.3) is 0 Å². The number of carbonyl (C=O) groups excluding carboxylic acids is 1. The minimum Gasteiger partial charge on any atom is -0.494 e. The molecule has 1 unspecified atom stereocenters. The molecule has 1 aliphatic rings. The summed E-state index contributed by atoms with van der Waals surface area (Å²) in [6, 6.07) is 8.97. The van der Waals surface area contributed by atoms with E-state index in [1.807, 2.05) is 25.1 Å². The van der Waals surface area contributed by atoms with Gasteiger partial charge in [0.2, 0.25) is 0 Å². The van der Waals surface area contributed by atoms with Crippen LogP contribution >= 0.6 is 0 Å². The van der Waals surface area contributed by atoms with Crippen LogP contribution < -0.4 is 0 Å². The van der Waals surface area contributed by atoms with Gasteiger partial charge < -0.3 is 9.47 Å².